The second kappa shape index (κ2) is 3.51. The van der Waals surface area contributed by atoms with Crippen molar-refractivity contribution in [3.8, 4) is 0 Å². The van der Waals surface area contributed by atoms with Crippen LogP contribution >= 0.6 is 0 Å². The Labute approximate surface area is 98.5 Å². The molecule has 1 aromatic carbocycles. The zero-order valence-electron chi connectivity index (χ0n) is 10.4. The minimum Gasteiger partial charge on any atom is -0.368 e. The fourth-order valence-electron chi connectivity index (χ4n) is 3.61. The van der Waals surface area contributed by atoms with Crippen LogP contribution in [0, 0.1) is 0 Å². The average Bonchev–Trinajstić information content (AvgIpc) is 2.87. The molecule has 3 rings (SSSR count). The van der Waals surface area contributed by atoms with Gasteiger partial charge in [0, 0.05) is 23.7 Å². The first-order chi connectivity index (χ1) is 7.73. The lowest BCUT2D eigenvalue weighted by Gasteiger charge is -2.28. The first-order valence-corrected chi connectivity index (χ1v) is 6.59. The standard InChI is InChI=1S/C15H21N/c1-12(2)16-11-15(9-5-6-10-15)13-7-3-4-8-14(13)16/h3-4,7-8,12H,5-6,9-11H2,1-2H3. The number of fused-ring (bicyclic) bond motifs is 2. The number of nitrogens with zero attached hydrogens (tertiary/aromatic N) is 1. The largest absolute Gasteiger partial charge is 0.368 e. The molecule has 1 fully saturated rings. The Morgan fingerprint density at radius 1 is 1.12 bits per heavy atom. The van der Waals surface area contributed by atoms with Crippen molar-refractivity contribution in [1.82, 2.24) is 0 Å². The third-order valence-electron chi connectivity index (χ3n) is 4.44. The molecule has 16 heavy (non-hydrogen) atoms. The summed E-state index contributed by atoms with van der Waals surface area (Å²) >= 11 is 0. The number of benzene rings is 1. The van der Waals surface area contributed by atoms with Crippen LogP contribution in [-0.4, -0.2) is 12.6 Å². The van der Waals surface area contributed by atoms with Crippen LogP contribution in [0.3, 0.4) is 0 Å². The summed E-state index contributed by atoms with van der Waals surface area (Å²) in [7, 11) is 0. The SMILES string of the molecule is CC(C)N1CC2(CCCC2)c2ccccc21. The van der Waals surface area contributed by atoms with E-state index in [2.05, 4.69) is 43.0 Å². The van der Waals surface area contributed by atoms with Crippen molar-refractivity contribution in [3.63, 3.8) is 0 Å². The molecule has 0 bridgehead atoms. The van der Waals surface area contributed by atoms with E-state index in [4.69, 9.17) is 0 Å². The maximum atomic E-state index is 2.60. The third-order valence-corrected chi connectivity index (χ3v) is 4.44. The highest BCUT2D eigenvalue weighted by Gasteiger charge is 2.44. The lowest BCUT2D eigenvalue weighted by atomic mass is 9.81. The molecular weight excluding hydrogens is 194 g/mol. The number of rotatable bonds is 1. The summed E-state index contributed by atoms with van der Waals surface area (Å²) in [5.74, 6) is 0. The fourth-order valence-corrected chi connectivity index (χ4v) is 3.61. The van der Waals surface area contributed by atoms with Gasteiger partial charge in [-0.1, -0.05) is 31.0 Å². The van der Waals surface area contributed by atoms with Crippen molar-refractivity contribution in [2.75, 3.05) is 11.4 Å². The van der Waals surface area contributed by atoms with Crippen molar-refractivity contribution >= 4 is 5.69 Å². The highest BCUT2D eigenvalue weighted by atomic mass is 15.2. The molecule has 0 N–H and O–H groups in total. The Balaban J connectivity index is 2.08. The summed E-state index contributed by atoms with van der Waals surface area (Å²) in [4.78, 5) is 2.60. The van der Waals surface area contributed by atoms with Crippen LogP contribution < -0.4 is 4.90 Å². The molecule has 1 saturated carbocycles. The molecule has 1 spiro atoms. The Morgan fingerprint density at radius 3 is 2.50 bits per heavy atom. The van der Waals surface area contributed by atoms with Gasteiger partial charge in [0.1, 0.15) is 0 Å². The van der Waals surface area contributed by atoms with E-state index >= 15 is 0 Å². The van der Waals surface area contributed by atoms with E-state index in [-0.39, 0.29) is 0 Å². The maximum Gasteiger partial charge on any atom is 0.0407 e. The third kappa shape index (κ3) is 1.30. The number of para-hydroxylation sites is 1. The molecule has 1 aliphatic heterocycles. The van der Waals surface area contributed by atoms with E-state index in [1.54, 1.807) is 5.56 Å². The van der Waals surface area contributed by atoms with Crippen LogP contribution in [0.15, 0.2) is 24.3 Å². The minimum atomic E-state index is 0.501. The Hall–Kier alpha value is -0.980. The molecule has 1 aromatic rings. The summed E-state index contributed by atoms with van der Waals surface area (Å²) < 4.78 is 0. The van der Waals surface area contributed by atoms with Gasteiger partial charge in [0.2, 0.25) is 0 Å². The van der Waals surface area contributed by atoms with Crippen molar-refractivity contribution in [2.45, 2.75) is 51.0 Å². The molecule has 0 aromatic heterocycles. The van der Waals surface area contributed by atoms with E-state index in [0.717, 1.165) is 0 Å². The molecule has 1 heteroatoms. The number of hydrogen-bond acceptors (Lipinski definition) is 1. The summed E-state index contributed by atoms with van der Waals surface area (Å²) in [6.45, 7) is 5.87. The lowest BCUT2D eigenvalue weighted by molar-refractivity contribution is 0.456. The fraction of sp³-hybridized carbons (Fsp3) is 0.600. The summed E-state index contributed by atoms with van der Waals surface area (Å²) in [5.41, 5.74) is 3.63. The van der Waals surface area contributed by atoms with Gasteiger partial charge in [0.25, 0.3) is 0 Å². The minimum absolute atomic E-state index is 0.501. The van der Waals surface area contributed by atoms with Crippen molar-refractivity contribution in [2.24, 2.45) is 0 Å². The lowest BCUT2D eigenvalue weighted by Crippen LogP contribution is -2.35. The van der Waals surface area contributed by atoms with Crippen LogP contribution in [0.4, 0.5) is 5.69 Å². The molecule has 0 unspecified atom stereocenters. The summed E-state index contributed by atoms with van der Waals surface area (Å²) in [6.07, 6.45) is 5.63. The zero-order valence-corrected chi connectivity index (χ0v) is 10.4. The van der Waals surface area contributed by atoms with E-state index in [1.807, 2.05) is 0 Å². The highest BCUT2D eigenvalue weighted by Crippen LogP contribution is 2.50. The van der Waals surface area contributed by atoms with Gasteiger partial charge in [0.05, 0.1) is 0 Å². The van der Waals surface area contributed by atoms with Gasteiger partial charge >= 0.3 is 0 Å². The van der Waals surface area contributed by atoms with Gasteiger partial charge in [-0.3, -0.25) is 0 Å². The monoisotopic (exact) mass is 215 g/mol. The van der Waals surface area contributed by atoms with Gasteiger partial charge in [0.15, 0.2) is 0 Å². The van der Waals surface area contributed by atoms with E-state index < -0.39 is 0 Å². The Morgan fingerprint density at radius 2 is 1.81 bits per heavy atom. The molecule has 0 amide bonds. The van der Waals surface area contributed by atoms with Gasteiger partial charge in [-0.25, -0.2) is 0 Å². The van der Waals surface area contributed by atoms with Gasteiger partial charge in [-0.05, 0) is 38.3 Å². The maximum absolute atomic E-state index is 2.60. The molecule has 1 heterocycles. The predicted molar refractivity (Wildman–Crippen MR) is 69.1 cm³/mol. The first kappa shape index (κ1) is 10.2. The van der Waals surface area contributed by atoms with Crippen LogP contribution in [0.5, 0.6) is 0 Å². The van der Waals surface area contributed by atoms with Crippen molar-refractivity contribution in [1.29, 1.82) is 0 Å². The molecule has 0 radical (unpaired) electrons. The molecule has 86 valence electrons. The smallest absolute Gasteiger partial charge is 0.0407 e. The molecule has 1 nitrogen and oxygen atoms in total. The Kier molecular flexibility index (Phi) is 2.24. The van der Waals surface area contributed by atoms with Gasteiger partial charge in [-0.15, -0.1) is 0 Å². The number of anilines is 1. The van der Waals surface area contributed by atoms with Gasteiger partial charge in [-0.2, -0.15) is 0 Å². The normalized spacial score (nSPS) is 22.1. The zero-order chi connectivity index (χ0) is 11.2. The van der Waals surface area contributed by atoms with Crippen LogP contribution in [0.2, 0.25) is 0 Å². The van der Waals surface area contributed by atoms with Crippen molar-refractivity contribution in [3.05, 3.63) is 29.8 Å². The van der Waals surface area contributed by atoms with Crippen LogP contribution in [0.1, 0.15) is 45.1 Å². The number of hydrogen-bond donors (Lipinski definition) is 0. The highest BCUT2D eigenvalue weighted by molar-refractivity contribution is 5.63. The summed E-state index contributed by atoms with van der Waals surface area (Å²) in [5, 5.41) is 0. The van der Waals surface area contributed by atoms with E-state index in [1.165, 1.54) is 37.9 Å². The average molecular weight is 215 g/mol. The molecular formula is C15H21N. The van der Waals surface area contributed by atoms with E-state index in [0.29, 0.717) is 11.5 Å². The second-order valence-corrected chi connectivity index (χ2v) is 5.73. The van der Waals surface area contributed by atoms with E-state index in [9.17, 15) is 0 Å². The summed E-state index contributed by atoms with van der Waals surface area (Å²) in [6, 6.07) is 9.69. The molecule has 2 aliphatic rings. The quantitative estimate of drug-likeness (QED) is 0.690. The van der Waals surface area contributed by atoms with Gasteiger partial charge < -0.3 is 4.90 Å². The first-order valence-electron chi connectivity index (χ1n) is 6.59. The Bertz CT molecular complexity index is 388. The second-order valence-electron chi connectivity index (χ2n) is 5.73. The topological polar surface area (TPSA) is 3.24 Å². The van der Waals surface area contributed by atoms with Crippen molar-refractivity contribution < 1.29 is 0 Å². The molecule has 1 aliphatic carbocycles. The molecule has 0 atom stereocenters. The predicted octanol–water partition coefficient (Wildman–Crippen LogP) is 3.73. The van der Waals surface area contributed by atoms with Crippen LogP contribution in [-0.2, 0) is 5.41 Å². The molecule has 0 saturated heterocycles. The van der Waals surface area contributed by atoms with Crippen LogP contribution in [0.25, 0.3) is 0 Å².